The third kappa shape index (κ3) is 3.11. The lowest BCUT2D eigenvalue weighted by atomic mass is 10.1. The number of hydrogen-bond acceptors (Lipinski definition) is 3. The Hall–Kier alpha value is -2.01. The van der Waals surface area contributed by atoms with Gasteiger partial charge in [0.2, 0.25) is 0 Å². The Kier molecular flexibility index (Phi) is 4.29. The van der Waals surface area contributed by atoms with Crippen LogP contribution in [0.3, 0.4) is 0 Å². The van der Waals surface area contributed by atoms with Gasteiger partial charge in [0.25, 0.3) is 0 Å². The molecule has 0 heterocycles. The molecule has 0 saturated carbocycles. The van der Waals surface area contributed by atoms with E-state index in [9.17, 15) is 0 Å². The fourth-order valence-corrected chi connectivity index (χ4v) is 2.26. The van der Waals surface area contributed by atoms with Gasteiger partial charge in [0.15, 0.2) is 0 Å². The van der Waals surface area contributed by atoms with Gasteiger partial charge in [-0.15, -0.1) is 0 Å². The van der Waals surface area contributed by atoms with Crippen molar-refractivity contribution < 1.29 is 9.47 Å². The minimum Gasteiger partial charge on any atom is -0.497 e. The van der Waals surface area contributed by atoms with Crippen molar-refractivity contribution in [2.24, 2.45) is 5.73 Å². The first-order valence-electron chi connectivity index (χ1n) is 5.97. The van der Waals surface area contributed by atoms with Gasteiger partial charge in [0.05, 0.1) is 12.7 Å². The van der Waals surface area contributed by atoms with E-state index in [1.807, 2.05) is 25.1 Å². The van der Waals surface area contributed by atoms with Crippen LogP contribution in [-0.2, 0) is 0 Å². The molecule has 20 heavy (non-hydrogen) atoms. The van der Waals surface area contributed by atoms with E-state index in [4.69, 9.17) is 20.6 Å². The van der Waals surface area contributed by atoms with Gasteiger partial charge in [-0.1, -0.05) is 15.9 Å². The lowest BCUT2D eigenvalue weighted by Crippen LogP contribution is -2.12. The maximum absolute atomic E-state index is 7.61. The maximum Gasteiger partial charge on any atom is 0.142 e. The Morgan fingerprint density at radius 2 is 1.90 bits per heavy atom. The highest BCUT2D eigenvalue weighted by molar-refractivity contribution is 9.10. The molecule has 0 unspecified atom stereocenters. The number of rotatable bonds is 4. The summed E-state index contributed by atoms with van der Waals surface area (Å²) in [5.41, 5.74) is 7.10. The Labute approximate surface area is 126 Å². The Balaban J connectivity index is 2.43. The molecule has 2 aromatic rings. The highest BCUT2D eigenvalue weighted by Gasteiger charge is 2.11. The van der Waals surface area contributed by atoms with Gasteiger partial charge in [0.1, 0.15) is 23.1 Å². The van der Waals surface area contributed by atoms with Crippen molar-refractivity contribution in [2.75, 3.05) is 7.11 Å². The average Bonchev–Trinajstić information content (AvgIpc) is 2.41. The average molecular weight is 335 g/mol. The third-order valence-corrected chi connectivity index (χ3v) is 3.33. The summed E-state index contributed by atoms with van der Waals surface area (Å²) in [5, 5.41) is 7.61. The summed E-state index contributed by atoms with van der Waals surface area (Å²) in [7, 11) is 1.58. The van der Waals surface area contributed by atoms with Crippen LogP contribution in [-0.4, -0.2) is 12.9 Å². The number of nitrogen functional groups attached to an aromatic ring is 1. The van der Waals surface area contributed by atoms with Crippen LogP contribution >= 0.6 is 15.9 Å². The van der Waals surface area contributed by atoms with E-state index in [2.05, 4.69) is 15.9 Å². The van der Waals surface area contributed by atoms with Crippen molar-refractivity contribution in [3.05, 3.63) is 52.0 Å². The second kappa shape index (κ2) is 5.96. The summed E-state index contributed by atoms with van der Waals surface area (Å²) in [6.45, 7) is 1.95. The number of hydrogen-bond donors (Lipinski definition) is 2. The lowest BCUT2D eigenvalue weighted by molar-refractivity contribution is 0.408. The van der Waals surface area contributed by atoms with Crippen LogP contribution in [0.15, 0.2) is 40.9 Å². The monoisotopic (exact) mass is 334 g/mol. The SMILES string of the molecule is COc1ccc(C(=N)N)c(Oc2ccc(Br)cc2C)c1. The Morgan fingerprint density at radius 1 is 1.15 bits per heavy atom. The molecule has 5 heteroatoms. The summed E-state index contributed by atoms with van der Waals surface area (Å²) in [6.07, 6.45) is 0. The molecule has 2 rings (SSSR count). The molecule has 0 aliphatic heterocycles. The highest BCUT2D eigenvalue weighted by Crippen LogP contribution is 2.32. The number of benzene rings is 2. The van der Waals surface area contributed by atoms with Gasteiger partial charge in [-0.3, -0.25) is 5.41 Å². The number of halogens is 1. The second-order valence-corrected chi connectivity index (χ2v) is 5.20. The van der Waals surface area contributed by atoms with Crippen LogP contribution in [0.1, 0.15) is 11.1 Å². The van der Waals surface area contributed by atoms with E-state index in [1.165, 1.54) is 0 Å². The predicted molar refractivity (Wildman–Crippen MR) is 83.0 cm³/mol. The summed E-state index contributed by atoms with van der Waals surface area (Å²) in [5.74, 6) is 1.82. The zero-order valence-electron chi connectivity index (χ0n) is 11.2. The van der Waals surface area contributed by atoms with E-state index in [0.29, 0.717) is 22.8 Å². The van der Waals surface area contributed by atoms with Crippen LogP contribution in [0.25, 0.3) is 0 Å². The molecule has 4 nitrogen and oxygen atoms in total. The van der Waals surface area contributed by atoms with E-state index < -0.39 is 0 Å². The number of aryl methyl sites for hydroxylation is 1. The van der Waals surface area contributed by atoms with Gasteiger partial charge >= 0.3 is 0 Å². The first-order chi connectivity index (χ1) is 9.51. The molecule has 0 aromatic heterocycles. The summed E-state index contributed by atoms with van der Waals surface area (Å²) in [4.78, 5) is 0. The van der Waals surface area contributed by atoms with Crippen LogP contribution in [0.5, 0.6) is 17.2 Å². The first-order valence-corrected chi connectivity index (χ1v) is 6.77. The molecule has 104 valence electrons. The van der Waals surface area contributed by atoms with Crippen molar-refractivity contribution in [2.45, 2.75) is 6.92 Å². The summed E-state index contributed by atoms with van der Waals surface area (Å²) in [6, 6.07) is 10.9. The van der Waals surface area contributed by atoms with Crippen LogP contribution in [0.4, 0.5) is 0 Å². The third-order valence-electron chi connectivity index (χ3n) is 2.84. The molecule has 0 aliphatic carbocycles. The van der Waals surface area contributed by atoms with Gasteiger partial charge in [-0.2, -0.15) is 0 Å². The van der Waals surface area contributed by atoms with Crippen LogP contribution in [0.2, 0.25) is 0 Å². The zero-order valence-corrected chi connectivity index (χ0v) is 12.8. The minimum absolute atomic E-state index is 0.0441. The van der Waals surface area contributed by atoms with Gasteiger partial charge < -0.3 is 15.2 Å². The van der Waals surface area contributed by atoms with Crippen LogP contribution < -0.4 is 15.2 Å². The molecule has 0 atom stereocenters. The number of amidine groups is 1. The van der Waals surface area contributed by atoms with E-state index in [0.717, 1.165) is 10.0 Å². The smallest absolute Gasteiger partial charge is 0.142 e. The van der Waals surface area contributed by atoms with Gasteiger partial charge in [-0.25, -0.2) is 0 Å². The first kappa shape index (κ1) is 14.4. The number of nitrogens with one attached hydrogen (secondary N) is 1. The van der Waals surface area contributed by atoms with E-state index in [-0.39, 0.29) is 5.84 Å². The molecule has 0 radical (unpaired) electrons. The molecule has 2 aromatic carbocycles. The molecular formula is C15H15BrN2O2. The van der Waals surface area contributed by atoms with Crippen molar-refractivity contribution in [1.29, 1.82) is 5.41 Å². The van der Waals surface area contributed by atoms with Crippen molar-refractivity contribution in [3.8, 4) is 17.2 Å². The van der Waals surface area contributed by atoms with E-state index in [1.54, 1.807) is 25.3 Å². The number of ether oxygens (including phenoxy) is 2. The summed E-state index contributed by atoms with van der Waals surface area (Å²) < 4.78 is 12.0. The fourth-order valence-electron chi connectivity index (χ4n) is 1.78. The van der Waals surface area contributed by atoms with E-state index >= 15 is 0 Å². The Bertz CT molecular complexity index is 656. The maximum atomic E-state index is 7.61. The van der Waals surface area contributed by atoms with Gasteiger partial charge in [-0.05, 0) is 42.8 Å². The lowest BCUT2D eigenvalue weighted by Gasteiger charge is -2.13. The normalized spacial score (nSPS) is 10.2. The van der Waals surface area contributed by atoms with Crippen molar-refractivity contribution >= 4 is 21.8 Å². The second-order valence-electron chi connectivity index (χ2n) is 4.29. The topological polar surface area (TPSA) is 68.3 Å². The summed E-state index contributed by atoms with van der Waals surface area (Å²) >= 11 is 3.41. The molecule has 0 saturated heterocycles. The molecule has 3 N–H and O–H groups in total. The fraction of sp³-hybridized carbons (Fsp3) is 0.133. The molecule has 0 fully saturated rings. The number of nitrogens with two attached hydrogens (primary N) is 1. The number of methoxy groups -OCH3 is 1. The minimum atomic E-state index is -0.0441. The van der Waals surface area contributed by atoms with Crippen LogP contribution in [0, 0.1) is 12.3 Å². The van der Waals surface area contributed by atoms with Gasteiger partial charge in [0, 0.05) is 10.5 Å². The Morgan fingerprint density at radius 3 is 2.50 bits per heavy atom. The largest absolute Gasteiger partial charge is 0.497 e. The standard InChI is InChI=1S/C15H15BrN2O2/c1-9-7-10(16)3-6-13(9)20-14-8-11(19-2)4-5-12(14)15(17)18/h3-8H,1-2H3,(H3,17,18). The molecular weight excluding hydrogens is 320 g/mol. The molecule has 0 aliphatic rings. The quantitative estimate of drug-likeness (QED) is 0.659. The predicted octanol–water partition coefficient (Wildman–Crippen LogP) is 3.84. The molecule has 0 spiro atoms. The molecule has 0 bridgehead atoms. The molecule has 0 amide bonds. The van der Waals surface area contributed by atoms with Crippen molar-refractivity contribution in [1.82, 2.24) is 0 Å². The highest BCUT2D eigenvalue weighted by atomic mass is 79.9. The van der Waals surface area contributed by atoms with Crippen molar-refractivity contribution in [3.63, 3.8) is 0 Å². The zero-order chi connectivity index (χ0) is 14.7.